The molecule has 106 valence electrons. The van der Waals surface area contributed by atoms with Crippen molar-refractivity contribution in [3.63, 3.8) is 0 Å². The van der Waals surface area contributed by atoms with Gasteiger partial charge in [-0.25, -0.2) is 0 Å². The summed E-state index contributed by atoms with van der Waals surface area (Å²) in [6, 6.07) is -0.344. The lowest BCUT2D eigenvalue weighted by Gasteiger charge is -2.40. The zero-order valence-electron chi connectivity index (χ0n) is 11.8. The Morgan fingerprint density at radius 1 is 1.63 bits per heavy atom. The van der Waals surface area contributed by atoms with Gasteiger partial charge in [-0.3, -0.25) is 9.59 Å². The molecule has 0 heterocycles. The van der Waals surface area contributed by atoms with Gasteiger partial charge in [-0.1, -0.05) is 12.0 Å². The molecule has 1 aliphatic carbocycles. The molecule has 6 nitrogen and oxygen atoms in total. The van der Waals surface area contributed by atoms with Gasteiger partial charge < -0.3 is 4.74 Å². The van der Waals surface area contributed by atoms with Crippen LogP contribution in [0.1, 0.15) is 46.5 Å². The average molecular weight is 267 g/mol. The first kappa shape index (κ1) is 15.5. The summed E-state index contributed by atoms with van der Waals surface area (Å²) in [5.41, 5.74) is 7.46. The predicted molar refractivity (Wildman–Crippen MR) is 70.3 cm³/mol. The van der Waals surface area contributed by atoms with Crippen LogP contribution in [0.4, 0.5) is 0 Å². The Hall–Kier alpha value is -1.55. The van der Waals surface area contributed by atoms with Gasteiger partial charge in [0.1, 0.15) is 11.2 Å². The van der Waals surface area contributed by atoms with Crippen molar-refractivity contribution in [1.82, 2.24) is 0 Å². The first-order chi connectivity index (χ1) is 9.02. The highest BCUT2D eigenvalue weighted by atomic mass is 16.5. The molecular weight excluding hydrogens is 246 g/mol. The molecule has 0 unspecified atom stereocenters. The Labute approximate surface area is 113 Å². The highest BCUT2D eigenvalue weighted by molar-refractivity contribution is 6.04. The van der Waals surface area contributed by atoms with Crippen LogP contribution in [0.3, 0.4) is 0 Å². The van der Waals surface area contributed by atoms with Crippen molar-refractivity contribution < 1.29 is 14.3 Å². The summed E-state index contributed by atoms with van der Waals surface area (Å²) in [4.78, 5) is 27.3. The first-order valence-electron chi connectivity index (χ1n) is 6.77. The summed E-state index contributed by atoms with van der Waals surface area (Å²) < 4.78 is 5.06. The molecule has 0 amide bonds. The lowest BCUT2D eigenvalue weighted by Crippen LogP contribution is -2.50. The highest BCUT2D eigenvalue weighted by Crippen LogP contribution is 2.43. The number of ether oxygens (including phenoxy) is 1. The summed E-state index contributed by atoms with van der Waals surface area (Å²) in [5.74, 6) is -0.862. The van der Waals surface area contributed by atoms with Crippen molar-refractivity contribution in [2.24, 2.45) is 16.4 Å². The van der Waals surface area contributed by atoms with E-state index >= 15 is 0 Å². The van der Waals surface area contributed by atoms with Gasteiger partial charge in [0, 0.05) is 17.4 Å². The number of ketones is 1. The molecule has 6 heteroatoms. The van der Waals surface area contributed by atoms with Crippen molar-refractivity contribution in [1.29, 1.82) is 0 Å². The van der Waals surface area contributed by atoms with Gasteiger partial charge >= 0.3 is 5.97 Å². The maximum absolute atomic E-state index is 12.2. The van der Waals surface area contributed by atoms with Crippen molar-refractivity contribution >= 4 is 11.8 Å². The molecule has 1 aliphatic rings. The van der Waals surface area contributed by atoms with Gasteiger partial charge in [0.2, 0.25) is 0 Å². The Kier molecular flexibility index (Phi) is 5.36. The highest BCUT2D eigenvalue weighted by Gasteiger charge is 2.52. The van der Waals surface area contributed by atoms with Gasteiger partial charge in [0.05, 0.1) is 6.61 Å². The van der Waals surface area contributed by atoms with E-state index in [4.69, 9.17) is 10.3 Å². The first-order valence-corrected chi connectivity index (χ1v) is 6.77. The lowest BCUT2D eigenvalue weighted by molar-refractivity contribution is -0.165. The fourth-order valence-corrected chi connectivity index (χ4v) is 2.87. The third-order valence-corrected chi connectivity index (χ3v) is 4.02. The van der Waals surface area contributed by atoms with E-state index < -0.39 is 11.4 Å². The Morgan fingerprint density at radius 3 is 2.84 bits per heavy atom. The van der Waals surface area contributed by atoms with E-state index in [1.54, 1.807) is 13.8 Å². The van der Waals surface area contributed by atoms with Crippen molar-refractivity contribution in [3.8, 4) is 0 Å². The molecule has 1 rings (SSSR count). The third-order valence-electron chi connectivity index (χ3n) is 4.02. The Morgan fingerprint density at radius 2 is 2.32 bits per heavy atom. The van der Waals surface area contributed by atoms with Gasteiger partial charge in [0.15, 0.2) is 0 Å². The normalized spacial score (nSPS) is 28.4. The van der Waals surface area contributed by atoms with E-state index in [9.17, 15) is 9.59 Å². The molecule has 1 fully saturated rings. The maximum Gasteiger partial charge on any atom is 0.319 e. The molecule has 0 aromatic rings. The van der Waals surface area contributed by atoms with E-state index in [0.29, 0.717) is 19.3 Å². The van der Waals surface area contributed by atoms with Crippen molar-refractivity contribution in [3.05, 3.63) is 10.4 Å². The minimum Gasteiger partial charge on any atom is -0.465 e. The molecule has 0 radical (unpaired) electrons. The van der Waals surface area contributed by atoms with Crippen LogP contribution in [0.15, 0.2) is 5.11 Å². The van der Waals surface area contributed by atoms with E-state index in [0.717, 1.165) is 6.42 Å². The van der Waals surface area contributed by atoms with Crippen molar-refractivity contribution in [2.45, 2.75) is 52.5 Å². The second-order valence-electron chi connectivity index (χ2n) is 5.03. The molecule has 0 aromatic carbocycles. The van der Waals surface area contributed by atoms with Crippen molar-refractivity contribution in [2.75, 3.05) is 6.61 Å². The second kappa shape index (κ2) is 6.57. The second-order valence-corrected chi connectivity index (χ2v) is 5.03. The summed E-state index contributed by atoms with van der Waals surface area (Å²) in [6.45, 7) is 5.48. The smallest absolute Gasteiger partial charge is 0.319 e. The number of carbonyl (C=O) groups excluding carboxylic acids is 2. The fraction of sp³-hybridized carbons (Fsp3) is 0.846. The number of rotatable bonds is 5. The number of azide groups is 1. The van der Waals surface area contributed by atoms with Crippen LogP contribution in [-0.2, 0) is 14.3 Å². The number of nitrogens with zero attached hydrogens (tertiary/aromatic N) is 3. The number of esters is 1. The molecule has 0 bridgehead atoms. The van der Waals surface area contributed by atoms with E-state index in [2.05, 4.69) is 10.0 Å². The maximum atomic E-state index is 12.2. The van der Waals surface area contributed by atoms with Crippen LogP contribution in [-0.4, -0.2) is 24.4 Å². The zero-order valence-corrected chi connectivity index (χ0v) is 11.8. The molecule has 0 saturated heterocycles. The van der Waals surface area contributed by atoms with Gasteiger partial charge in [-0.15, -0.1) is 0 Å². The van der Waals surface area contributed by atoms with Gasteiger partial charge in [-0.05, 0) is 44.6 Å². The molecular formula is C13H21N3O3. The molecule has 1 saturated carbocycles. The summed E-state index contributed by atoms with van der Waals surface area (Å²) >= 11 is 0. The van der Waals surface area contributed by atoms with E-state index in [1.165, 1.54) is 0 Å². The summed E-state index contributed by atoms with van der Waals surface area (Å²) in [6.07, 6.45) is 2.43. The molecule has 0 spiro atoms. The van der Waals surface area contributed by atoms with Crippen LogP contribution < -0.4 is 0 Å². The van der Waals surface area contributed by atoms with Gasteiger partial charge in [0.25, 0.3) is 0 Å². The minimum atomic E-state index is -1.18. The number of hydrogen-bond acceptors (Lipinski definition) is 4. The average Bonchev–Trinajstić information content (AvgIpc) is 2.40. The number of hydrogen-bond donors (Lipinski definition) is 0. The number of carbonyl (C=O) groups is 2. The van der Waals surface area contributed by atoms with Gasteiger partial charge in [-0.2, -0.15) is 0 Å². The predicted octanol–water partition coefficient (Wildman–Crippen LogP) is 3.01. The SMILES string of the molecule is CCOC(=O)[C@@]1(C)C(=O)CCC[C@H]1[C@@H](CC)N=[N+]=[N-]. The molecule has 19 heavy (non-hydrogen) atoms. The molecule has 3 atom stereocenters. The zero-order chi connectivity index (χ0) is 14.5. The molecule has 0 N–H and O–H groups in total. The Bertz CT molecular complexity index is 404. The van der Waals surface area contributed by atoms with Crippen LogP contribution in [0.5, 0.6) is 0 Å². The Balaban J connectivity index is 3.13. The van der Waals surface area contributed by atoms with Crippen LogP contribution in [0.25, 0.3) is 10.4 Å². The summed E-state index contributed by atoms with van der Waals surface area (Å²) in [7, 11) is 0. The standard InChI is InChI=1S/C13H21N3O3/c1-4-10(15-16-14)9-7-6-8-11(17)13(9,3)12(18)19-5-2/h9-10H,4-8H2,1-3H3/t9-,10+,13+/m0/s1. The monoisotopic (exact) mass is 267 g/mol. The topological polar surface area (TPSA) is 92.1 Å². The lowest BCUT2D eigenvalue weighted by atomic mass is 9.63. The quantitative estimate of drug-likeness (QED) is 0.252. The summed E-state index contributed by atoms with van der Waals surface area (Å²) in [5, 5.41) is 3.76. The van der Waals surface area contributed by atoms with E-state index in [1.807, 2.05) is 6.92 Å². The van der Waals surface area contributed by atoms with E-state index in [-0.39, 0.29) is 24.3 Å². The fourth-order valence-electron chi connectivity index (χ4n) is 2.87. The van der Waals surface area contributed by atoms with Crippen LogP contribution >= 0.6 is 0 Å². The van der Waals surface area contributed by atoms with Crippen LogP contribution in [0.2, 0.25) is 0 Å². The largest absolute Gasteiger partial charge is 0.465 e. The minimum absolute atomic E-state index is 0.103. The molecule has 0 aliphatic heterocycles. The third kappa shape index (κ3) is 2.89. The molecule has 0 aromatic heterocycles. The van der Waals surface area contributed by atoms with Crippen LogP contribution in [0, 0.1) is 11.3 Å². The number of Topliss-reactive ketones (excluding diaryl/α,β-unsaturated/α-hetero) is 1.